The van der Waals surface area contributed by atoms with E-state index < -0.39 is 85.8 Å². The zero-order valence-corrected chi connectivity index (χ0v) is 22.2. The van der Waals surface area contributed by atoms with Crippen LogP contribution >= 0.6 is 0 Å². The minimum absolute atomic E-state index is 0.0779. The van der Waals surface area contributed by atoms with Crippen LogP contribution in [0, 0.1) is 0 Å². The molecule has 2 aliphatic heterocycles. The molecule has 12 atom stereocenters. The lowest BCUT2D eigenvalue weighted by molar-refractivity contribution is -0.363. The number of rotatable bonds is 10. The van der Waals surface area contributed by atoms with Crippen LogP contribution in [0.5, 0.6) is 0 Å². The number of ketones is 2. The number of aliphatic hydroxyl groups excluding tert-OH is 6. The van der Waals surface area contributed by atoms with Gasteiger partial charge in [-0.05, 0) is 37.1 Å². The van der Waals surface area contributed by atoms with Gasteiger partial charge in [0.2, 0.25) is 0 Å². The van der Waals surface area contributed by atoms with E-state index in [0.29, 0.717) is 0 Å². The van der Waals surface area contributed by atoms with Crippen LogP contribution in [0.1, 0.15) is 25.7 Å². The molecule has 4 aliphatic rings. The van der Waals surface area contributed by atoms with Gasteiger partial charge >= 0.3 is 0 Å². The van der Waals surface area contributed by atoms with Crippen molar-refractivity contribution in [3.63, 3.8) is 0 Å². The van der Waals surface area contributed by atoms with Crippen molar-refractivity contribution in [2.45, 2.75) is 98.3 Å². The lowest BCUT2D eigenvalue weighted by Gasteiger charge is -2.47. The van der Waals surface area contributed by atoms with Gasteiger partial charge in [-0.25, -0.2) is 0 Å². The van der Waals surface area contributed by atoms with Crippen LogP contribution in [0.15, 0.2) is 24.3 Å². The molecule has 0 spiro atoms. The third kappa shape index (κ3) is 7.45. The van der Waals surface area contributed by atoms with E-state index in [4.69, 9.17) is 23.7 Å². The standard InChI is InChI=1S/C26H38O15/c27-9-15-21(37-11-25(35)5-1-13(29)2-6-25)17(31)20(34)24(40-15)41-22-16(10-28)39-23(19(33)18(22)32)38-12-26(36)7-3-14(30)4-8-26/h1,3,5,7,15-24,27-28,31-36H,2,4,6,8-12H2. The molecule has 232 valence electrons. The second-order valence-corrected chi connectivity index (χ2v) is 10.9. The lowest BCUT2D eigenvalue weighted by atomic mass is 9.91. The van der Waals surface area contributed by atoms with E-state index in [1.807, 2.05) is 0 Å². The highest BCUT2D eigenvalue weighted by atomic mass is 16.7. The number of carbonyl (C=O) groups excluding carboxylic acids is 2. The Morgan fingerprint density at radius 3 is 1.68 bits per heavy atom. The highest BCUT2D eigenvalue weighted by Gasteiger charge is 2.52. The van der Waals surface area contributed by atoms with Gasteiger partial charge in [0.15, 0.2) is 24.1 Å². The van der Waals surface area contributed by atoms with E-state index in [1.54, 1.807) is 0 Å². The fourth-order valence-corrected chi connectivity index (χ4v) is 5.10. The maximum Gasteiger partial charge on any atom is 0.187 e. The number of carbonyl (C=O) groups is 2. The predicted octanol–water partition coefficient (Wildman–Crippen LogP) is -4.05. The SMILES string of the molecule is O=C1C=CC(O)(COC2OC(CO)C(OC3OC(CO)C(OCC4(O)C=CC(=O)CC4)C(O)C3O)C(O)C2O)CC1. The van der Waals surface area contributed by atoms with Gasteiger partial charge < -0.3 is 64.5 Å². The molecule has 4 rings (SSSR count). The molecule has 15 nitrogen and oxygen atoms in total. The van der Waals surface area contributed by atoms with E-state index in [9.17, 15) is 50.4 Å². The molecule has 0 saturated carbocycles. The van der Waals surface area contributed by atoms with Gasteiger partial charge in [-0.3, -0.25) is 9.59 Å². The minimum Gasteiger partial charge on any atom is -0.394 e. The fourth-order valence-electron chi connectivity index (χ4n) is 5.10. The Morgan fingerprint density at radius 1 is 0.707 bits per heavy atom. The van der Waals surface area contributed by atoms with Gasteiger partial charge in [0.1, 0.15) is 60.0 Å². The summed E-state index contributed by atoms with van der Waals surface area (Å²) in [6.45, 7) is -2.18. The number of allylic oxidation sites excluding steroid dienone is 2. The summed E-state index contributed by atoms with van der Waals surface area (Å²) >= 11 is 0. The molecule has 0 radical (unpaired) electrons. The van der Waals surface area contributed by atoms with E-state index in [1.165, 1.54) is 24.3 Å². The summed E-state index contributed by atoms with van der Waals surface area (Å²) < 4.78 is 27.8. The van der Waals surface area contributed by atoms with Gasteiger partial charge in [0, 0.05) is 12.8 Å². The molecule has 8 N–H and O–H groups in total. The maximum atomic E-state index is 11.4. The molecule has 15 heteroatoms. The van der Waals surface area contributed by atoms with Crippen molar-refractivity contribution in [1.82, 2.24) is 0 Å². The molecule has 0 aromatic carbocycles. The summed E-state index contributed by atoms with van der Waals surface area (Å²) in [7, 11) is 0. The zero-order valence-electron chi connectivity index (χ0n) is 22.2. The second kappa shape index (κ2) is 13.3. The monoisotopic (exact) mass is 590 g/mol. The first kappa shape index (κ1) is 32.2. The lowest BCUT2D eigenvalue weighted by Crippen LogP contribution is -2.65. The van der Waals surface area contributed by atoms with Crippen molar-refractivity contribution in [3.05, 3.63) is 24.3 Å². The number of ether oxygens (including phenoxy) is 5. The highest BCUT2D eigenvalue weighted by molar-refractivity contribution is 5.91. The number of hydrogen-bond acceptors (Lipinski definition) is 15. The van der Waals surface area contributed by atoms with Gasteiger partial charge in [0.25, 0.3) is 0 Å². The van der Waals surface area contributed by atoms with Crippen molar-refractivity contribution < 1.29 is 74.1 Å². The first-order chi connectivity index (χ1) is 19.4. The van der Waals surface area contributed by atoms with Crippen molar-refractivity contribution in [1.29, 1.82) is 0 Å². The van der Waals surface area contributed by atoms with Crippen molar-refractivity contribution in [3.8, 4) is 0 Å². The van der Waals surface area contributed by atoms with Gasteiger partial charge in [-0.2, -0.15) is 0 Å². The van der Waals surface area contributed by atoms with E-state index in [0.717, 1.165) is 0 Å². The highest BCUT2D eigenvalue weighted by Crippen LogP contribution is 2.32. The Labute approximate surface area is 235 Å². The molecule has 12 unspecified atom stereocenters. The molecule has 0 amide bonds. The van der Waals surface area contributed by atoms with Gasteiger partial charge in [0.05, 0.1) is 26.4 Å². The van der Waals surface area contributed by atoms with Crippen molar-refractivity contribution in [2.75, 3.05) is 26.4 Å². The van der Waals surface area contributed by atoms with Crippen LogP contribution in [0.3, 0.4) is 0 Å². The average molecular weight is 591 g/mol. The quantitative estimate of drug-likeness (QED) is 0.121. The summed E-state index contributed by atoms with van der Waals surface area (Å²) in [6, 6.07) is 0. The summed E-state index contributed by atoms with van der Waals surface area (Å²) in [5.74, 6) is -0.317. The topological polar surface area (TPSA) is 242 Å². The van der Waals surface area contributed by atoms with Crippen molar-refractivity contribution >= 4 is 11.6 Å². The second-order valence-electron chi connectivity index (χ2n) is 10.9. The van der Waals surface area contributed by atoms with Gasteiger partial charge in [-0.1, -0.05) is 0 Å². The smallest absolute Gasteiger partial charge is 0.187 e. The molecule has 41 heavy (non-hydrogen) atoms. The van der Waals surface area contributed by atoms with Crippen LogP contribution in [0.4, 0.5) is 0 Å². The molecular formula is C26H38O15. The molecule has 2 aliphatic carbocycles. The Morgan fingerprint density at radius 2 is 1.17 bits per heavy atom. The number of hydrogen-bond donors (Lipinski definition) is 8. The molecule has 0 aromatic heterocycles. The molecule has 0 bridgehead atoms. The Bertz CT molecular complexity index is 984. The first-order valence-corrected chi connectivity index (χ1v) is 13.4. The summed E-state index contributed by atoms with van der Waals surface area (Å²) in [4.78, 5) is 22.8. The van der Waals surface area contributed by atoms with Crippen LogP contribution in [-0.2, 0) is 33.3 Å². The summed E-state index contributed by atoms with van der Waals surface area (Å²) in [6.07, 6.45) is -10.2. The molecular weight excluding hydrogens is 552 g/mol. The van der Waals surface area contributed by atoms with E-state index >= 15 is 0 Å². The van der Waals surface area contributed by atoms with Crippen LogP contribution in [0.25, 0.3) is 0 Å². The molecule has 2 heterocycles. The zero-order chi connectivity index (χ0) is 29.9. The largest absolute Gasteiger partial charge is 0.394 e. The Kier molecular flexibility index (Phi) is 10.5. The molecule has 2 saturated heterocycles. The predicted molar refractivity (Wildman–Crippen MR) is 133 cm³/mol. The Hall–Kier alpha value is -1.70. The van der Waals surface area contributed by atoms with Crippen molar-refractivity contribution in [2.24, 2.45) is 0 Å². The minimum atomic E-state index is -1.80. The third-order valence-electron chi connectivity index (χ3n) is 7.72. The Balaban J connectivity index is 1.37. The third-order valence-corrected chi connectivity index (χ3v) is 7.72. The number of aliphatic hydroxyl groups is 8. The van der Waals surface area contributed by atoms with Crippen LogP contribution in [0.2, 0.25) is 0 Å². The summed E-state index contributed by atoms with van der Waals surface area (Å²) in [5, 5.41) is 83.8. The fraction of sp³-hybridized carbons (Fsp3) is 0.769. The average Bonchev–Trinajstić information content (AvgIpc) is 2.96. The van der Waals surface area contributed by atoms with E-state index in [2.05, 4.69) is 0 Å². The normalized spacial score (nSPS) is 45.3. The van der Waals surface area contributed by atoms with E-state index in [-0.39, 0.29) is 50.5 Å². The van der Waals surface area contributed by atoms with Crippen LogP contribution < -0.4 is 0 Å². The van der Waals surface area contributed by atoms with Crippen LogP contribution in [-0.4, -0.2) is 151 Å². The molecule has 0 aromatic rings. The van der Waals surface area contributed by atoms with Gasteiger partial charge in [-0.15, -0.1) is 0 Å². The summed E-state index contributed by atoms with van der Waals surface area (Å²) in [5.41, 5.74) is -3.00. The molecule has 2 fully saturated rings. The maximum absolute atomic E-state index is 11.4. The first-order valence-electron chi connectivity index (χ1n) is 13.4.